The van der Waals surface area contributed by atoms with Crippen LogP contribution in [0.2, 0.25) is 0 Å². The summed E-state index contributed by atoms with van der Waals surface area (Å²) in [5.41, 5.74) is 1.74. The topological polar surface area (TPSA) is 29.9 Å². The molecule has 0 aliphatic heterocycles. The fraction of sp³-hybridized carbons (Fsp3) is 0.133. The molecule has 0 unspecified atom stereocenters. The fourth-order valence-corrected chi connectivity index (χ4v) is 2.61. The van der Waals surface area contributed by atoms with Gasteiger partial charge in [-0.05, 0) is 43.4 Å². The van der Waals surface area contributed by atoms with Crippen molar-refractivity contribution in [2.75, 3.05) is 6.61 Å². The molecular formula is C15H12F2N2OS. The van der Waals surface area contributed by atoms with E-state index < -0.39 is 11.6 Å². The number of hydrogen-bond acceptors (Lipinski definition) is 2. The molecule has 3 nitrogen and oxygen atoms in total. The van der Waals surface area contributed by atoms with Gasteiger partial charge in [-0.3, -0.25) is 4.57 Å². The molecule has 6 heteroatoms. The molecule has 0 aliphatic rings. The maximum absolute atomic E-state index is 13.4. The lowest BCUT2D eigenvalue weighted by molar-refractivity contribution is 0.343. The van der Waals surface area contributed by atoms with Gasteiger partial charge in [0, 0.05) is 6.07 Å². The first-order valence-corrected chi connectivity index (χ1v) is 6.84. The number of nitrogens with one attached hydrogen (secondary N) is 1. The number of nitrogens with zero attached hydrogens (tertiary/aromatic N) is 1. The van der Waals surface area contributed by atoms with Gasteiger partial charge in [-0.1, -0.05) is 6.07 Å². The van der Waals surface area contributed by atoms with Crippen molar-refractivity contribution in [3.05, 3.63) is 52.8 Å². The average Bonchev–Trinajstić information content (AvgIpc) is 2.75. The lowest BCUT2D eigenvalue weighted by atomic mass is 10.2. The zero-order valence-corrected chi connectivity index (χ0v) is 12.0. The first-order valence-electron chi connectivity index (χ1n) is 6.43. The van der Waals surface area contributed by atoms with Crippen molar-refractivity contribution >= 4 is 23.3 Å². The minimum Gasteiger partial charge on any atom is -0.492 e. The lowest BCUT2D eigenvalue weighted by Gasteiger charge is -2.07. The molecule has 0 saturated carbocycles. The van der Waals surface area contributed by atoms with Gasteiger partial charge in [0.15, 0.2) is 4.77 Å². The Morgan fingerprint density at radius 2 is 1.90 bits per heavy atom. The van der Waals surface area contributed by atoms with Crippen LogP contribution in [0.4, 0.5) is 8.78 Å². The van der Waals surface area contributed by atoms with E-state index in [9.17, 15) is 8.78 Å². The third kappa shape index (κ3) is 2.42. The molecular weight excluding hydrogens is 294 g/mol. The van der Waals surface area contributed by atoms with Gasteiger partial charge in [-0.25, -0.2) is 8.78 Å². The number of fused-ring (bicyclic) bond motifs is 1. The van der Waals surface area contributed by atoms with Crippen LogP contribution >= 0.6 is 12.2 Å². The Morgan fingerprint density at radius 3 is 2.57 bits per heavy atom. The van der Waals surface area contributed by atoms with E-state index in [1.165, 1.54) is 12.1 Å². The minimum atomic E-state index is -0.651. The van der Waals surface area contributed by atoms with E-state index in [4.69, 9.17) is 17.0 Å². The van der Waals surface area contributed by atoms with Crippen LogP contribution in [-0.2, 0) is 0 Å². The Bertz CT molecular complexity index is 849. The van der Waals surface area contributed by atoms with Gasteiger partial charge in [-0.2, -0.15) is 0 Å². The summed E-state index contributed by atoms with van der Waals surface area (Å²) < 4.78 is 34.3. The number of ether oxygens (including phenoxy) is 1. The molecule has 0 fully saturated rings. The van der Waals surface area contributed by atoms with Gasteiger partial charge in [0.2, 0.25) is 0 Å². The van der Waals surface area contributed by atoms with E-state index in [1.54, 1.807) is 4.57 Å². The molecule has 3 aromatic rings. The van der Waals surface area contributed by atoms with E-state index in [2.05, 4.69) is 4.98 Å². The number of imidazole rings is 1. The maximum Gasteiger partial charge on any atom is 0.182 e. The number of aromatic nitrogens is 2. The van der Waals surface area contributed by atoms with E-state index in [0.29, 0.717) is 33.8 Å². The number of para-hydroxylation sites is 1. The second kappa shape index (κ2) is 5.29. The average molecular weight is 306 g/mol. The third-order valence-corrected chi connectivity index (χ3v) is 3.37. The van der Waals surface area contributed by atoms with Crippen LogP contribution in [0.3, 0.4) is 0 Å². The molecule has 2 aromatic carbocycles. The number of hydrogen-bond donors (Lipinski definition) is 1. The normalized spacial score (nSPS) is 11.0. The molecule has 1 N–H and O–H groups in total. The molecule has 0 amide bonds. The molecule has 1 aromatic heterocycles. The summed E-state index contributed by atoms with van der Waals surface area (Å²) in [6.45, 7) is 2.39. The van der Waals surface area contributed by atoms with Crippen LogP contribution in [0.25, 0.3) is 16.7 Å². The summed E-state index contributed by atoms with van der Waals surface area (Å²) in [6, 6.07) is 8.73. The largest absolute Gasteiger partial charge is 0.492 e. The summed E-state index contributed by atoms with van der Waals surface area (Å²) in [5, 5.41) is 0. The maximum atomic E-state index is 13.4. The van der Waals surface area contributed by atoms with Crippen molar-refractivity contribution in [3.8, 4) is 11.4 Å². The van der Waals surface area contributed by atoms with E-state index in [1.807, 2.05) is 25.1 Å². The van der Waals surface area contributed by atoms with Gasteiger partial charge in [0.1, 0.15) is 22.9 Å². The number of halogens is 2. The highest BCUT2D eigenvalue weighted by Gasteiger charge is 2.12. The van der Waals surface area contributed by atoms with Gasteiger partial charge >= 0.3 is 0 Å². The zero-order chi connectivity index (χ0) is 15.0. The number of benzene rings is 2. The smallest absolute Gasteiger partial charge is 0.182 e. The first kappa shape index (κ1) is 13.8. The van der Waals surface area contributed by atoms with Crippen LogP contribution in [-0.4, -0.2) is 16.2 Å². The van der Waals surface area contributed by atoms with Crippen molar-refractivity contribution in [2.24, 2.45) is 0 Å². The van der Waals surface area contributed by atoms with Crippen molar-refractivity contribution < 1.29 is 13.5 Å². The van der Waals surface area contributed by atoms with Gasteiger partial charge < -0.3 is 9.72 Å². The summed E-state index contributed by atoms with van der Waals surface area (Å²) >= 11 is 5.27. The summed E-state index contributed by atoms with van der Waals surface area (Å²) in [5.74, 6) is -0.652. The summed E-state index contributed by atoms with van der Waals surface area (Å²) in [6.07, 6.45) is 0. The van der Waals surface area contributed by atoms with E-state index >= 15 is 0 Å². The van der Waals surface area contributed by atoms with Crippen molar-refractivity contribution in [2.45, 2.75) is 6.92 Å². The molecule has 0 spiro atoms. The van der Waals surface area contributed by atoms with Crippen molar-refractivity contribution in [1.29, 1.82) is 0 Å². The van der Waals surface area contributed by atoms with E-state index in [-0.39, 0.29) is 0 Å². The monoisotopic (exact) mass is 306 g/mol. The molecule has 0 bridgehead atoms. The summed E-state index contributed by atoms with van der Waals surface area (Å²) in [7, 11) is 0. The molecule has 0 atom stereocenters. The lowest BCUT2D eigenvalue weighted by Crippen LogP contribution is -1.96. The zero-order valence-electron chi connectivity index (χ0n) is 11.2. The predicted octanol–water partition coefficient (Wildman–Crippen LogP) is 4.36. The second-order valence-electron chi connectivity index (χ2n) is 4.48. The Balaban J connectivity index is 2.30. The fourth-order valence-electron chi connectivity index (χ4n) is 2.30. The SMILES string of the molecule is CCOc1cccc2c1[nH]c(=S)n2-c1cc(F)cc(F)c1. The molecule has 0 radical (unpaired) electrons. The van der Waals surface area contributed by atoms with Crippen molar-refractivity contribution in [3.63, 3.8) is 0 Å². The first-order chi connectivity index (χ1) is 10.1. The highest BCUT2D eigenvalue weighted by molar-refractivity contribution is 7.71. The Kier molecular flexibility index (Phi) is 3.47. The molecule has 0 aliphatic carbocycles. The predicted molar refractivity (Wildman–Crippen MR) is 79.5 cm³/mol. The third-order valence-electron chi connectivity index (χ3n) is 3.09. The quantitative estimate of drug-likeness (QED) is 0.728. The van der Waals surface area contributed by atoms with Crippen molar-refractivity contribution in [1.82, 2.24) is 9.55 Å². The Labute approximate surface area is 124 Å². The van der Waals surface area contributed by atoms with Crippen LogP contribution in [0.1, 0.15) is 6.92 Å². The molecule has 3 rings (SSSR count). The molecule has 21 heavy (non-hydrogen) atoms. The molecule has 108 valence electrons. The number of rotatable bonds is 3. The Morgan fingerprint density at radius 1 is 1.19 bits per heavy atom. The van der Waals surface area contributed by atoms with Gasteiger partial charge in [0.05, 0.1) is 17.8 Å². The highest BCUT2D eigenvalue weighted by atomic mass is 32.1. The standard InChI is InChI=1S/C15H12F2N2OS/c1-2-20-13-5-3-4-12-14(13)18-15(21)19(12)11-7-9(16)6-10(17)8-11/h3-8H,2H2,1H3,(H,18,21). The summed E-state index contributed by atoms with van der Waals surface area (Å²) in [4.78, 5) is 3.03. The van der Waals surface area contributed by atoms with Gasteiger partial charge in [-0.15, -0.1) is 0 Å². The van der Waals surface area contributed by atoms with Crippen LogP contribution in [0.15, 0.2) is 36.4 Å². The van der Waals surface area contributed by atoms with Crippen LogP contribution in [0.5, 0.6) is 5.75 Å². The highest BCUT2D eigenvalue weighted by Crippen LogP contribution is 2.27. The second-order valence-corrected chi connectivity index (χ2v) is 4.86. The van der Waals surface area contributed by atoms with E-state index in [0.717, 1.165) is 6.07 Å². The van der Waals surface area contributed by atoms with Crippen LogP contribution in [0, 0.1) is 16.4 Å². The van der Waals surface area contributed by atoms with Crippen LogP contribution < -0.4 is 4.74 Å². The molecule has 1 heterocycles. The van der Waals surface area contributed by atoms with Gasteiger partial charge in [0.25, 0.3) is 0 Å². The number of aromatic amines is 1. The number of H-pyrrole nitrogens is 1. The minimum absolute atomic E-state index is 0.331. The Hall–Kier alpha value is -2.21. The molecule has 0 saturated heterocycles.